The quantitative estimate of drug-likeness (QED) is 0.561. The molecule has 0 aliphatic heterocycles. The van der Waals surface area contributed by atoms with Gasteiger partial charge in [0.25, 0.3) is 11.8 Å². The lowest BCUT2D eigenvalue weighted by Crippen LogP contribution is -2.30. The predicted octanol–water partition coefficient (Wildman–Crippen LogP) is 3.70. The molecule has 31 heavy (non-hydrogen) atoms. The third kappa shape index (κ3) is 6.15. The Morgan fingerprint density at radius 3 is 2.48 bits per heavy atom. The number of amides is 2. The van der Waals surface area contributed by atoms with Crippen LogP contribution in [-0.2, 0) is 17.9 Å². The standard InChI is InChI=1S/C25H27N3O3/c1-19-8-4-5-10-22(19)17-28(16-20-9-7-13-26-15-20)25(30)21-11-6-12-23(14-21)31-18-24(29)27(2)3/h4-15H,16-18H2,1-3H3. The number of carbonyl (C=O) groups excluding carboxylic acids is 2. The maximum atomic E-state index is 13.4. The lowest BCUT2D eigenvalue weighted by Gasteiger charge is -2.24. The molecule has 1 aromatic heterocycles. The summed E-state index contributed by atoms with van der Waals surface area (Å²) in [7, 11) is 3.35. The number of aryl methyl sites for hydroxylation is 1. The van der Waals surface area contributed by atoms with Crippen molar-refractivity contribution in [2.75, 3.05) is 20.7 Å². The maximum absolute atomic E-state index is 13.4. The van der Waals surface area contributed by atoms with Crippen molar-refractivity contribution in [1.29, 1.82) is 0 Å². The van der Waals surface area contributed by atoms with E-state index >= 15 is 0 Å². The largest absolute Gasteiger partial charge is 0.484 e. The number of aromatic nitrogens is 1. The third-order valence-electron chi connectivity index (χ3n) is 4.95. The van der Waals surface area contributed by atoms with Gasteiger partial charge in [-0.05, 0) is 47.9 Å². The molecule has 2 aromatic carbocycles. The van der Waals surface area contributed by atoms with Gasteiger partial charge in [-0.15, -0.1) is 0 Å². The van der Waals surface area contributed by atoms with Crippen LogP contribution in [0.25, 0.3) is 0 Å². The average Bonchev–Trinajstić information content (AvgIpc) is 2.78. The highest BCUT2D eigenvalue weighted by Crippen LogP contribution is 2.19. The third-order valence-corrected chi connectivity index (χ3v) is 4.95. The summed E-state index contributed by atoms with van der Waals surface area (Å²) in [6.45, 7) is 2.88. The summed E-state index contributed by atoms with van der Waals surface area (Å²) in [6, 6.07) is 18.8. The molecule has 0 radical (unpaired) electrons. The second kappa shape index (κ2) is 10.4. The normalized spacial score (nSPS) is 10.4. The van der Waals surface area contributed by atoms with E-state index in [0.717, 1.165) is 16.7 Å². The molecule has 0 saturated heterocycles. The van der Waals surface area contributed by atoms with Crippen molar-refractivity contribution < 1.29 is 14.3 Å². The Morgan fingerprint density at radius 1 is 0.968 bits per heavy atom. The molecule has 0 saturated carbocycles. The van der Waals surface area contributed by atoms with Gasteiger partial charge in [0.1, 0.15) is 5.75 Å². The molecule has 0 bridgehead atoms. The molecule has 160 valence electrons. The second-order valence-corrected chi connectivity index (χ2v) is 7.55. The lowest BCUT2D eigenvalue weighted by atomic mass is 10.1. The zero-order chi connectivity index (χ0) is 22.2. The molecule has 6 heteroatoms. The van der Waals surface area contributed by atoms with Crippen LogP contribution in [0.1, 0.15) is 27.0 Å². The van der Waals surface area contributed by atoms with Gasteiger partial charge >= 0.3 is 0 Å². The van der Waals surface area contributed by atoms with Crippen LogP contribution in [-0.4, -0.2) is 47.3 Å². The molecule has 0 fully saturated rings. The van der Waals surface area contributed by atoms with Crippen molar-refractivity contribution in [1.82, 2.24) is 14.8 Å². The molecule has 0 aliphatic rings. The van der Waals surface area contributed by atoms with E-state index in [1.807, 2.05) is 43.3 Å². The van der Waals surface area contributed by atoms with Gasteiger partial charge in [-0.1, -0.05) is 36.4 Å². The average molecular weight is 418 g/mol. The summed E-state index contributed by atoms with van der Waals surface area (Å²) in [5.74, 6) is 0.226. The zero-order valence-corrected chi connectivity index (χ0v) is 18.1. The van der Waals surface area contributed by atoms with E-state index < -0.39 is 0 Å². The van der Waals surface area contributed by atoms with Crippen molar-refractivity contribution in [3.05, 3.63) is 95.3 Å². The van der Waals surface area contributed by atoms with Crippen molar-refractivity contribution in [2.24, 2.45) is 0 Å². The fraction of sp³-hybridized carbons (Fsp3) is 0.240. The van der Waals surface area contributed by atoms with E-state index in [-0.39, 0.29) is 18.4 Å². The van der Waals surface area contributed by atoms with Gasteiger partial charge in [-0.2, -0.15) is 0 Å². The van der Waals surface area contributed by atoms with Crippen LogP contribution in [0.15, 0.2) is 73.1 Å². The van der Waals surface area contributed by atoms with Crippen LogP contribution >= 0.6 is 0 Å². The minimum atomic E-state index is -0.144. The van der Waals surface area contributed by atoms with Gasteiger partial charge in [0.2, 0.25) is 0 Å². The smallest absolute Gasteiger partial charge is 0.259 e. The number of likely N-dealkylation sites (N-methyl/N-ethyl adjacent to an activating group) is 1. The highest BCUT2D eigenvalue weighted by molar-refractivity contribution is 5.94. The van der Waals surface area contributed by atoms with Gasteiger partial charge in [0.15, 0.2) is 6.61 Å². The topological polar surface area (TPSA) is 62.7 Å². The molecule has 0 unspecified atom stereocenters. The Kier molecular flexibility index (Phi) is 7.38. The number of hydrogen-bond acceptors (Lipinski definition) is 4. The number of pyridine rings is 1. The first-order chi connectivity index (χ1) is 14.9. The molecular weight excluding hydrogens is 390 g/mol. The van der Waals surface area contributed by atoms with E-state index in [1.54, 1.807) is 55.7 Å². The minimum Gasteiger partial charge on any atom is -0.484 e. The number of carbonyl (C=O) groups is 2. The Hall–Kier alpha value is -3.67. The summed E-state index contributed by atoms with van der Waals surface area (Å²) < 4.78 is 5.58. The maximum Gasteiger partial charge on any atom is 0.259 e. The van der Waals surface area contributed by atoms with Gasteiger partial charge < -0.3 is 14.5 Å². The molecular formula is C25H27N3O3. The van der Waals surface area contributed by atoms with Crippen LogP contribution in [0.3, 0.4) is 0 Å². The second-order valence-electron chi connectivity index (χ2n) is 7.55. The highest BCUT2D eigenvalue weighted by Gasteiger charge is 2.18. The molecule has 0 N–H and O–H groups in total. The molecule has 0 spiro atoms. The van der Waals surface area contributed by atoms with Gasteiger partial charge in [-0.25, -0.2) is 0 Å². The Bertz CT molecular complexity index is 1030. The van der Waals surface area contributed by atoms with Crippen molar-refractivity contribution in [3.8, 4) is 5.75 Å². The molecule has 1 heterocycles. The van der Waals surface area contributed by atoms with E-state index in [0.29, 0.717) is 24.4 Å². The lowest BCUT2D eigenvalue weighted by molar-refractivity contribution is -0.130. The van der Waals surface area contributed by atoms with Crippen LogP contribution in [0.2, 0.25) is 0 Å². The summed E-state index contributed by atoms with van der Waals surface area (Å²) in [5, 5.41) is 0. The van der Waals surface area contributed by atoms with E-state index in [4.69, 9.17) is 4.74 Å². The Labute approximate surface area is 183 Å². The number of rotatable bonds is 8. The molecule has 6 nitrogen and oxygen atoms in total. The predicted molar refractivity (Wildman–Crippen MR) is 120 cm³/mol. The summed E-state index contributed by atoms with van der Waals surface area (Å²) in [4.78, 5) is 32.7. The first kappa shape index (κ1) is 22.0. The highest BCUT2D eigenvalue weighted by atomic mass is 16.5. The molecule has 0 atom stereocenters. The zero-order valence-electron chi connectivity index (χ0n) is 18.1. The van der Waals surface area contributed by atoms with E-state index in [9.17, 15) is 9.59 Å². The number of hydrogen-bond donors (Lipinski definition) is 0. The van der Waals surface area contributed by atoms with Gasteiger partial charge in [0, 0.05) is 45.1 Å². The molecule has 3 aromatic rings. The first-order valence-electron chi connectivity index (χ1n) is 10.1. The van der Waals surface area contributed by atoms with Crippen molar-refractivity contribution in [2.45, 2.75) is 20.0 Å². The molecule has 0 aliphatic carbocycles. The van der Waals surface area contributed by atoms with E-state index in [1.165, 1.54) is 4.90 Å². The SMILES string of the molecule is Cc1ccccc1CN(Cc1cccnc1)C(=O)c1cccc(OCC(=O)N(C)C)c1. The Morgan fingerprint density at radius 2 is 1.77 bits per heavy atom. The van der Waals surface area contributed by atoms with E-state index in [2.05, 4.69) is 4.98 Å². The van der Waals surface area contributed by atoms with Crippen LogP contribution in [0, 0.1) is 6.92 Å². The summed E-state index contributed by atoms with van der Waals surface area (Å²) in [5.41, 5.74) is 3.68. The fourth-order valence-corrected chi connectivity index (χ4v) is 3.08. The fourth-order valence-electron chi connectivity index (χ4n) is 3.08. The minimum absolute atomic E-state index is 0.0761. The molecule has 2 amide bonds. The van der Waals surface area contributed by atoms with Crippen molar-refractivity contribution in [3.63, 3.8) is 0 Å². The monoisotopic (exact) mass is 417 g/mol. The number of ether oxygens (including phenoxy) is 1. The van der Waals surface area contributed by atoms with Crippen LogP contribution in [0.5, 0.6) is 5.75 Å². The number of nitrogens with zero attached hydrogens (tertiary/aromatic N) is 3. The summed E-state index contributed by atoms with van der Waals surface area (Å²) in [6.07, 6.45) is 3.48. The number of benzene rings is 2. The first-order valence-corrected chi connectivity index (χ1v) is 10.1. The Balaban J connectivity index is 1.83. The van der Waals surface area contributed by atoms with Gasteiger partial charge in [0.05, 0.1) is 0 Å². The van der Waals surface area contributed by atoms with Crippen LogP contribution in [0.4, 0.5) is 0 Å². The molecule has 3 rings (SSSR count). The van der Waals surface area contributed by atoms with Gasteiger partial charge in [-0.3, -0.25) is 14.6 Å². The summed E-state index contributed by atoms with van der Waals surface area (Å²) >= 11 is 0. The van der Waals surface area contributed by atoms with Crippen LogP contribution < -0.4 is 4.74 Å². The van der Waals surface area contributed by atoms with Crippen molar-refractivity contribution >= 4 is 11.8 Å².